The van der Waals surface area contributed by atoms with Crippen LogP contribution in [0, 0.1) is 0 Å². The minimum absolute atomic E-state index is 0.395. The van der Waals surface area contributed by atoms with Gasteiger partial charge in [0.25, 0.3) is 0 Å². The highest BCUT2D eigenvalue weighted by atomic mass is 79.9. The minimum Gasteiger partial charge on any atom is -0.388 e. The van der Waals surface area contributed by atoms with Crippen LogP contribution in [0.4, 0.5) is 0 Å². The van der Waals surface area contributed by atoms with Gasteiger partial charge in [-0.15, -0.1) is 0 Å². The normalized spacial score (nSPS) is 21.1. The van der Waals surface area contributed by atoms with E-state index < -0.39 is 6.10 Å². The van der Waals surface area contributed by atoms with Gasteiger partial charge in [-0.2, -0.15) is 0 Å². The molecule has 1 N–H and O–H groups in total. The van der Waals surface area contributed by atoms with E-state index >= 15 is 0 Å². The Labute approximate surface area is 137 Å². The number of hydrogen-bond donors (Lipinski definition) is 1. The largest absolute Gasteiger partial charge is 0.388 e. The zero-order chi connectivity index (χ0) is 15.2. The van der Waals surface area contributed by atoms with Gasteiger partial charge < -0.3 is 10.0 Å². The second-order valence-electron chi connectivity index (χ2n) is 6.01. The number of nitrogens with zero attached hydrogens (tertiary/aromatic N) is 2. The molecule has 2 rings (SSSR count). The van der Waals surface area contributed by atoms with Crippen LogP contribution in [0.3, 0.4) is 0 Å². The van der Waals surface area contributed by atoms with Crippen LogP contribution in [0.15, 0.2) is 28.7 Å². The minimum atomic E-state index is -0.395. The van der Waals surface area contributed by atoms with E-state index in [0.717, 1.165) is 36.1 Å². The molecule has 0 saturated carbocycles. The molecule has 1 aromatic carbocycles. The van der Waals surface area contributed by atoms with Gasteiger partial charge in [-0.1, -0.05) is 41.1 Å². The Kier molecular flexibility index (Phi) is 6.68. The molecule has 3 nitrogen and oxygen atoms in total. The zero-order valence-electron chi connectivity index (χ0n) is 13.1. The summed E-state index contributed by atoms with van der Waals surface area (Å²) < 4.78 is 0.994. The number of aliphatic hydroxyl groups is 1. The van der Waals surface area contributed by atoms with E-state index in [0.29, 0.717) is 6.04 Å². The van der Waals surface area contributed by atoms with Crippen molar-refractivity contribution in [3.8, 4) is 0 Å². The van der Waals surface area contributed by atoms with E-state index in [1.54, 1.807) is 0 Å². The van der Waals surface area contributed by atoms with Crippen molar-refractivity contribution in [2.45, 2.75) is 38.3 Å². The van der Waals surface area contributed by atoms with Crippen molar-refractivity contribution >= 4 is 15.9 Å². The topological polar surface area (TPSA) is 26.7 Å². The molecule has 1 aromatic rings. The summed E-state index contributed by atoms with van der Waals surface area (Å²) in [7, 11) is 2.17. The average molecular weight is 355 g/mol. The van der Waals surface area contributed by atoms with Gasteiger partial charge in [0.2, 0.25) is 0 Å². The molecule has 1 aliphatic rings. The molecule has 1 saturated heterocycles. The monoisotopic (exact) mass is 354 g/mol. The van der Waals surface area contributed by atoms with E-state index in [-0.39, 0.29) is 0 Å². The van der Waals surface area contributed by atoms with Crippen LogP contribution < -0.4 is 0 Å². The summed E-state index contributed by atoms with van der Waals surface area (Å²) in [5, 5.41) is 10.3. The van der Waals surface area contributed by atoms with E-state index in [9.17, 15) is 5.11 Å². The molecule has 1 fully saturated rings. The number of benzene rings is 1. The Bertz CT molecular complexity index is 441. The van der Waals surface area contributed by atoms with Crippen LogP contribution >= 0.6 is 15.9 Å². The molecule has 0 aromatic heterocycles. The summed E-state index contributed by atoms with van der Waals surface area (Å²) in [6.07, 6.45) is 3.02. The van der Waals surface area contributed by atoms with Crippen molar-refractivity contribution < 1.29 is 5.11 Å². The highest BCUT2D eigenvalue weighted by Gasteiger charge is 2.24. The number of likely N-dealkylation sites (N-methyl/N-ethyl adjacent to an activating group) is 2. The predicted molar refractivity (Wildman–Crippen MR) is 91.5 cm³/mol. The fourth-order valence-corrected chi connectivity index (χ4v) is 3.76. The lowest BCUT2D eigenvalue weighted by molar-refractivity contribution is 0.136. The van der Waals surface area contributed by atoms with Gasteiger partial charge in [0.15, 0.2) is 0 Å². The lowest BCUT2D eigenvalue weighted by Crippen LogP contribution is -2.39. The van der Waals surface area contributed by atoms with Crippen LogP contribution in [-0.2, 0) is 0 Å². The first-order valence-corrected chi connectivity index (χ1v) is 8.76. The number of hydrogen-bond acceptors (Lipinski definition) is 3. The molecule has 0 amide bonds. The smallest absolute Gasteiger partial charge is 0.0813 e. The molecule has 0 bridgehead atoms. The molecule has 0 aliphatic carbocycles. The number of rotatable bonds is 7. The SMILES string of the molecule is CCN1CCCC1CN(C)CCC(O)c1ccccc1Br. The van der Waals surface area contributed by atoms with Crippen LogP contribution in [0.5, 0.6) is 0 Å². The molecular weight excluding hydrogens is 328 g/mol. The highest BCUT2D eigenvalue weighted by molar-refractivity contribution is 9.10. The van der Waals surface area contributed by atoms with Gasteiger partial charge in [-0.05, 0) is 51.0 Å². The lowest BCUT2D eigenvalue weighted by Gasteiger charge is -2.28. The van der Waals surface area contributed by atoms with Crippen molar-refractivity contribution in [3.05, 3.63) is 34.3 Å². The molecule has 1 aliphatic heterocycles. The van der Waals surface area contributed by atoms with Gasteiger partial charge in [-0.3, -0.25) is 4.90 Å². The highest BCUT2D eigenvalue weighted by Crippen LogP contribution is 2.25. The Balaban J connectivity index is 1.78. The summed E-state index contributed by atoms with van der Waals surface area (Å²) >= 11 is 3.51. The number of halogens is 1. The number of likely N-dealkylation sites (tertiary alicyclic amines) is 1. The third-order valence-electron chi connectivity index (χ3n) is 4.48. The van der Waals surface area contributed by atoms with Crippen LogP contribution in [0.1, 0.15) is 37.9 Å². The standard InChI is InChI=1S/C17H27BrN2O/c1-3-20-11-6-7-14(20)13-19(2)12-10-17(21)15-8-4-5-9-16(15)18/h4-5,8-9,14,17,21H,3,6-7,10-13H2,1-2H3. The first kappa shape index (κ1) is 16.9. The third kappa shape index (κ3) is 4.78. The molecule has 4 heteroatoms. The van der Waals surface area contributed by atoms with E-state index in [2.05, 4.69) is 39.7 Å². The predicted octanol–water partition coefficient (Wildman–Crippen LogP) is 3.29. The summed E-state index contributed by atoms with van der Waals surface area (Å²) in [6.45, 7) is 6.68. The van der Waals surface area contributed by atoms with Crippen LogP contribution in [0.25, 0.3) is 0 Å². The zero-order valence-corrected chi connectivity index (χ0v) is 14.7. The molecule has 2 unspecified atom stereocenters. The maximum absolute atomic E-state index is 10.3. The quantitative estimate of drug-likeness (QED) is 0.813. The lowest BCUT2D eigenvalue weighted by atomic mass is 10.1. The first-order chi connectivity index (χ1) is 10.1. The fraction of sp³-hybridized carbons (Fsp3) is 0.647. The fourth-order valence-electron chi connectivity index (χ4n) is 3.21. The summed E-state index contributed by atoms with van der Waals surface area (Å²) in [4.78, 5) is 4.93. The summed E-state index contributed by atoms with van der Waals surface area (Å²) in [5.41, 5.74) is 0.988. The van der Waals surface area contributed by atoms with Gasteiger partial charge in [-0.25, -0.2) is 0 Å². The Morgan fingerprint density at radius 3 is 2.90 bits per heavy atom. The van der Waals surface area contributed by atoms with Crippen molar-refractivity contribution in [3.63, 3.8) is 0 Å². The first-order valence-electron chi connectivity index (χ1n) is 7.97. The van der Waals surface area contributed by atoms with Crippen LogP contribution in [0.2, 0.25) is 0 Å². The van der Waals surface area contributed by atoms with Gasteiger partial charge in [0.1, 0.15) is 0 Å². The van der Waals surface area contributed by atoms with Gasteiger partial charge in [0, 0.05) is 23.6 Å². The Morgan fingerprint density at radius 1 is 1.43 bits per heavy atom. The molecule has 118 valence electrons. The molecule has 0 spiro atoms. The summed E-state index contributed by atoms with van der Waals surface area (Å²) in [5.74, 6) is 0. The summed E-state index contributed by atoms with van der Waals surface area (Å²) in [6, 6.07) is 8.63. The van der Waals surface area contributed by atoms with E-state index in [1.807, 2.05) is 24.3 Å². The van der Waals surface area contributed by atoms with Crippen LogP contribution in [-0.4, -0.2) is 54.2 Å². The maximum Gasteiger partial charge on any atom is 0.0813 e. The number of aliphatic hydroxyl groups excluding tert-OH is 1. The van der Waals surface area contributed by atoms with Gasteiger partial charge in [0.05, 0.1) is 6.10 Å². The molecule has 21 heavy (non-hydrogen) atoms. The average Bonchev–Trinajstić information content (AvgIpc) is 2.92. The molecule has 0 radical (unpaired) electrons. The van der Waals surface area contributed by atoms with Crippen molar-refractivity contribution in [1.29, 1.82) is 0 Å². The maximum atomic E-state index is 10.3. The van der Waals surface area contributed by atoms with E-state index in [4.69, 9.17) is 0 Å². The third-order valence-corrected chi connectivity index (χ3v) is 5.20. The molecule has 1 heterocycles. The van der Waals surface area contributed by atoms with Crippen molar-refractivity contribution in [2.75, 3.05) is 33.2 Å². The van der Waals surface area contributed by atoms with Gasteiger partial charge >= 0.3 is 0 Å². The Morgan fingerprint density at radius 2 is 2.19 bits per heavy atom. The van der Waals surface area contributed by atoms with E-state index in [1.165, 1.54) is 19.4 Å². The molecular formula is C17H27BrN2O. The second-order valence-corrected chi connectivity index (χ2v) is 6.87. The van der Waals surface area contributed by atoms with Crippen molar-refractivity contribution in [1.82, 2.24) is 9.80 Å². The molecule has 2 atom stereocenters. The Hall–Kier alpha value is -0.420. The van der Waals surface area contributed by atoms with Crippen molar-refractivity contribution in [2.24, 2.45) is 0 Å². The second kappa shape index (κ2) is 8.28.